The van der Waals surface area contributed by atoms with E-state index in [2.05, 4.69) is 4.98 Å². The van der Waals surface area contributed by atoms with E-state index in [4.69, 9.17) is 4.74 Å². The van der Waals surface area contributed by atoms with E-state index in [1.807, 2.05) is 0 Å². The minimum Gasteiger partial charge on any atom is -0.381 e. The third-order valence-corrected chi connectivity index (χ3v) is 3.36. The van der Waals surface area contributed by atoms with Crippen molar-refractivity contribution >= 4 is 10.9 Å². The van der Waals surface area contributed by atoms with Crippen LogP contribution in [0.2, 0.25) is 0 Å². The molecule has 0 amide bonds. The molecule has 17 heavy (non-hydrogen) atoms. The summed E-state index contributed by atoms with van der Waals surface area (Å²) in [5.74, 6) is -0.624. The first-order chi connectivity index (χ1) is 8.27. The van der Waals surface area contributed by atoms with Gasteiger partial charge in [-0.2, -0.15) is 0 Å². The maximum absolute atomic E-state index is 13.8. The molecule has 0 aliphatic carbocycles. The highest BCUT2D eigenvalue weighted by Gasteiger charge is 2.22. The number of rotatable bonds is 1. The van der Waals surface area contributed by atoms with E-state index in [0.29, 0.717) is 12.0 Å². The van der Waals surface area contributed by atoms with Gasteiger partial charge < -0.3 is 9.72 Å². The predicted octanol–water partition coefficient (Wildman–Crippen LogP) is 3.34. The fourth-order valence-electron chi connectivity index (χ4n) is 2.51. The van der Waals surface area contributed by atoms with Crippen LogP contribution in [0.25, 0.3) is 10.9 Å². The van der Waals surface area contributed by atoms with E-state index < -0.39 is 5.82 Å². The van der Waals surface area contributed by atoms with Gasteiger partial charge in [0, 0.05) is 24.1 Å². The Morgan fingerprint density at radius 1 is 1.24 bits per heavy atom. The normalized spacial score (nSPS) is 20.9. The summed E-state index contributed by atoms with van der Waals surface area (Å²) in [7, 11) is 0. The van der Waals surface area contributed by atoms with Gasteiger partial charge in [-0.3, -0.25) is 0 Å². The van der Waals surface area contributed by atoms with Gasteiger partial charge in [0.1, 0.15) is 11.6 Å². The molecule has 1 fully saturated rings. The standard InChI is InChI=1S/C13H13F2NO/c14-10-3-4-11(15)13-12(10)9(6-16-13)8-2-1-5-17-7-8/h3-4,6,8,16H,1-2,5,7H2. The van der Waals surface area contributed by atoms with E-state index in [1.54, 1.807) is 6.20 Å². The van der Waals surface area contributed by atoms with Crippen LogP contribution in [0, 0.1) is 11.6 Å². The van der Waals surface area contributed by atoms with Gasteiger partial charge in [0.2, 0.25) is 0 Å². The topological polar surface area (TPSA) is 25.0 Å². The van der Waals surface area contributed by atoms with Gasteiger partial charge in [0.25, 0.3) is 0 Å². The number of H-pyrrole nitrogens is 1. The van der Waals surface area contributed by atoms with Crippen molar-refractivity contribution in [1.82, 2.24) is 4.98 Å². The Labute approximate surface area is 97.6 Å². The lowest BCUT2D eigenvalue weighted by molar-refractivity contribution is 0.0808. The quantitative estimate of drug-likeness (QED) is 0.808. The summed E-state index contributed by atoms with van der Waals surface area (Å²) in [6.45, 7) is 1.35. The van der Waals surface area contributed by atoms with Crippen LogP contribution in [0.3, 0.4) is 0 Å². The summed E-state index contributed by atoms with van der Waals surface area (Å²) >= 11 is 0. The molecule has 0 bridgehead atoms. The van der Waals surface area contributed by atoms with Crippen molar-refractivity contribution in [3.63, 3.8) is 0 Å². The van der Waals surface area contributed by atoms with Crippen molar-refractivity contribution in [2.45, 2.75) is 18.8 Å². The molecule has 90 valence electrons. The van der Waals surface area contributed by atoms with Gasteiger partial charge >= 0.3 is 0 Å². The number of hydrogen-bond donors (Lipinski definition) is 1. The van der Waals surface area contributed by atoms with Crippen molar-refractivity contribution in [2.24, 2.45) is 0 Å². The van der Waals surface area contributed by atoms with Crippen molar-refractivity contribution in [1.29, 1.82) is 0 Å². The molecule has 1 N–H and O–H groups in total. The lowest BCUT2D eigenvalue weighted by atomic mass is 9.93. The second-order valence-electron chi connectivity index (χ2n) is 4.44. The minimum atomic E-state index is -0.413. The summed E-state index contributed by atoms with van der Waals surface area (Å²) in [5, 5.41) is 0.375. The molecule has 1 aliphatic heterocycles. The van der Waals surface area contributed by atoms with Gasteiger partial charge in [-0.1, -0.05) is 0 Å². The third kappa shape index (κ3) is 1.72. The minimum absolute atomic E-state index is 0.161. The summed E-state index contributed by atoms with van der Waals surface area (Å²) in [6.07, 6.45) is 3.63. The monoisotopic (exact) mass is 237 g/mol. The number of ether oxygens (including phenoxy) is 1. The Morgan fingerprint density at radius 2 is 2.06 bits per heavy atom. The van der Waals surface area contributed by atoms with Crippen LogP contribution in [0.5, 0.6) is 0 Å². The highest BCUT2D eigenvalue weighted by atomic mass is 19.1. The van der Waals surface area contributed by atoms with Crippen molar-refractivity contribution in [3.8, 4) is 0 Å². The van der Waals surface area contributed by atoms with Gasteiger partial charge in [-0.05, 0) is 30.5 Å². The Morgan fingerprint density at radius 3 is 2.82 bits per heavy atom. The second-order valence-corrected chi connectivity index (χ2v) is 4.44. The lowest BCUT2D eigenvalue weighted by Crippen LogP contribution is -2.15. The van der Waals surface area contributed by atoms with Crippen LogP contribution in [-0.4, -0.2) is 18.2 Å². The number of halogens is 2. The fourth-order valence-corrected chi connectivity index (χ4v) is 2.51. The fraction of sp³-hybridized carbons (Fsp3) is 0.385. The molecule has 1 atom stereocenters. The molecule has 0 spiro atoms. The first-order valence-electron chi connectivity index (χ1n) is 5.80. The molecule has 2 heterocycles. The Hall–Kier alpha value is -1.42. The Bertz CT molecular complexity index is 544. The zero-order valence-corrected chi connectivity index (χ0v) is 9.30. The van der Waals surface area contributed by atoms with E-state index in [1.165, 1.54) is 6.07 Å². The molecule has 1 aromatic carbocycles. The second kappa shape index (κ2) is 4.11. The first kappa shape index (κ1) is 10.7. The first-order valence-corrected chi connectivity index (χ1v) is 5.80. The third-order valence-electron chi connectivity index (χ3n) is 3.36. The lowest BCUT2D eigenvalue weighted by Gasteiger charge is -2.21. The number of benzene rings is 1. The molecule has 0 saturated carbocycles. The van der Waals surface area contributed by atoms with Crippen molar-refractivity contribution in [3.05, 3.63) is 35.5 Å². The van der Waals surface area contributed by atoms with Crippen LogP contribution in [0.1, 0.15) is 24.3 Å². The molecule has 4 heteroatoms. The average Bonchev–Trinajstić information content (AvgIpc) is 2.81. The maximum atomic E-state index is 13.8. The summed E-state index contributed by atoms with van der Waals surface area (Å²) in [5.41, 5.74) is 1.09. The summed E-state index contributed by atoms with van der Waals surface area (Å²) in [4.78, 5) is 2.82. The van der Waals surface area contributed by atoms with Gasteiger partial charge in [0.15, 0.2) is 0 Å². The molecule has 1 aromatic heterocycles. The van der Waals surface area contributed by atoms with Crippen molar-refractivity contribution < 1.29 is 13.5 Å². The van der Waals surface area contributed by atoms with Gasteiger partial charge in [-0.25, -0.2) is 8.78 Å². The van der Waals surface area contributed by atoms with Crippen LogP contribution in [-0.2, 0) is 4.74 Å². The molecule has 1 unspecified atom stereocenters. The molecule has 1 aliphatic rings. The van der Waals surface area contributed by atoms with E-state index in [0.717, 1.165) is 31.1 Å². The van der Waals surface area contributed by atoms with E-state index in [-0.39, 0.29) is 17.3 Å². The molecular weight excluding hydrogens is 224 g/mol. The average molecular weight is 237 g/mol. The smallest absolute Gasteiger partial charge is 0.147 e. The molecule has 2 aromatic rings. The van der Waals surface area contributed by atoms with Gasteiger partial charge in [0.05, 0.1) is 12.1 Å². The van der Waals surface area contributed by atoms with Crippen molar-refractivity contribution in [2.75, 3.05) is 13.2 Å². The van der Waals surface area contributed by atoms with E-state index in [9.17, 15) is 8.78 Å². The number of aromatic nitrogens is 1. The van der Waals surface area contributed by atoms with Crippen LogP contribution in [0.4, 0.5) is 8.78 Å². The molecule has 0 radical (unpaired) electrons. The number of fused-ring (bicyclic) bond motifs is 1. The van der Waals surface area contributed by atoms with Crippen LogP contribution < -0.4 is 0 Å². The summed E-state index contributed by atoms with van der Waals surface area (Å²) in [6, 6.07) is 2.33. The summed E-state index contributed by atoms with van der Waals surface area (Å²) < 4.78 is 32.7. The van der Waals surface area contributed by atoms with E-state index >= 15 is 0 Å². The molecule has 2 nitrogen and oxygen atoms in total. The number of aromatic amines is 1. The zero-order chi connectivity index (χ0) is 11.8. The Balaban J connectivity index is 2.13. The highest BCUT2D eigenvalue weighted by molar-refractivity contribution is 5.85. The Kier molecular flexibility index (Phi) is 2.59. The SMILES string of the molecule is Fc1ccc(F)c2c(C3CCCOC3)c[nH]c12. The van der Waals surface area contributed by atoms with Gasteiger partial charge in [-0.15, -0.1) is 0 Å². The molecule has 1 saturated heterocycles. The predicted molar refractivity (Wildman–Crippen MR) is 61.0 cm³/mol. The molecule has 3 rings (SSSR count). The zero-order valence-electron chi connectivity index (χ0n) is 9.30. The van der Waals surface area contributed by atoms with Crippen LogP contribution in [0.15, 0.2) is 18.3 Å². The number of nitrogens with one attached hydrogen (secondary N) is 1. The largest absolute Gasteiger partial charge is 0.381 e. The maximum Gasteiger partial charge on any atom is 0.147 e. The molecular formula is C13H13F2NO. The number of hydrogen-bond acceptors (Lipinski definition) is 1. The highest BCUT2D eigenvalue weighted by Crippen LogP contribution is 2.33. The van der Waals surface area contributed by atoms with Crippen LogP contribution >= 0.6 is 0 Å².